The summed E-state index contributed by atoms with van der Waals surface area (Å²) in [7, 11) is -3.24. The molecular weight excluding hydrogens is 164 g/mol. The Bertz CT molecular complexity index is 220. The van der Waals surface area contributed by atoms with Crippen LogP contribution in [-0.4, -0.2) is 20.8 Å². The Hall–Kier alpha value is -0.0900. The molecule has 0 N–H and O–H groups in total. The fourth-order valence-corrected chi connectivity index (χ4v) is 2.21. The first-order chi connectivity index (χ1) is 4.99. The fraction of sp³-hybridized carbons (Fsp3) is 1.00. The predicted octanol–water partition coefficient (Wildman–Crippen LogP) is 1.15. The van der Waals surface area contributed by atoms with Crippen molar-refractivity contribution in [3.63, 3.8) is 0 Å². The molecule has 0 amide bonds. The Labute approximate surface area is 67.9 Å². The van der Waals surface area contributed by atoms with Gasteiger partial charge in [-0.1, -0.05) is 13.3 Å². The Kier molecular flexibility index (Phi) is 2.54. The molecule has 1 saturated carbocycles. The van der Waals surface area contributed by atoms with E-state index in [0.29, 0.717) is 5.92 Å². The molecule has 0 aliphatic heterocycles. The quantitative estimate of drug-likeness (QED) is 0.596. The molecule has 0 saturated heterocycles. The number of hydrogen-bond acceptors (Lipinski definition) is 3. The average Bonchev–Trinajstić information content (AvgIpc) is 2.12. The van der Waals surface area contributed by atoms with Gasteiger partial charge in [-0.3, -0.25) is 4.18 Å². The van der Waals surface area contributed by atoms with Gasteiger partial charge in [0, 0.05) is 0 Å². The average molecular weight is 178 g/mol. The standard InChI is InChI=1S/C7H14O3S/c1-6-4-3-5-7(6)10-11(2,8)9/h6-7H,3-5H2,1-2H3/t6-,7-/m0/s1. The molecule has 0 spiro atoms. The van der Waals surface area contributed by atoms with Gasteiger partial charge >= 0.3 is 0 Å². The highest BCUT2D eigenvalue weighted by Gasteiger charge is 2.26. The maximum Gasteiger partial charge on any atom is 0.264 e. The third-order valence-corrected chi connectivity index (χ3v) is 2.68. The lowest BCUT2D eigenvalue weighted by atomic mass is 10.1. The van der Waals surface area contributed by atoms with Crippen molar-refractivity contribution >= 4 is 10.1 Å². The summed E-state index contributed by atoms with van der Waals surface area (Å²) in [5.41, 5.74) is 0. The van der Waals surface area contributed by atoms with Gasteiger partial charge in [0.25, 0.3) is 10.1 Å². The van der Waals surface area contributed by atoms with Crippen molar-refractivity contribution in [3.05, 3.63) is 0 Å². The van der Waals surface area contributed by atoms with Gasteiger partial charge in [-0.2, -0.15) is 8.42 Å². The minimum absolute atomic E-state index is 0.0648. The van der Waals surface area contributed by atoms with Gasteiger partial charge in [0.15, 0.2) is 0 Å². The lowest BCUT2D eigenvalue weighted by Crippen LogP contribution is -2.19. The van der Waals surface area contributed by atoms with E-state index < -0.39 is 10.1 Å². The largest absolute Gasteiger partial charge is 0.267 e. The highest BCUT2D eigenvalue weighted by atomic mass is 32.2. The van der Waals surface area contributed by atoms with E-state index in [1.54, 1.807) is 0 Å². The molecule has 0 aromatic rings. The first-order valence-electron chi connectivity index (χ1n) is 3.87. The summed E-state index contributed by atoms with van der Waals surface area (Å²) in [6.07, 6.45) is 4.10. The van der Waals surface area contributed by atoms with Gasteiger partial charge < -0.3 is 0 Å². The molecule has 11 heavy (non-hydrogen) atoms. The molecule has 0 radical (unpaired) electrons. The highest BCUT2D eigenvalue weighted by molar-refractivity contribution is 7.86. The van der Waals surface area contributed by atoms with E-state index in [1.807, 2.05) is 6.92 Å². The molecule has 0 aromatic carbocycles. The van der Waals surface area contributed by atoms with Gasteiger partial charge in [-0.25, -0.2) is 0 Å². The van der Waals surface area contributed by atoms with Crippen LogP contribution in [-0.2, 0) is 14.3 Å². The van der Waals surface area contributed by atoms with Crippen LogP contribution >= 0.6 is 0 Å². The van der Waals surface area contributed by atoms with Gasteiger partial charge in [-0.15, -0.1) is 0 Å². The van der Waals surface area contributed by atoms with Crippen LogP contribution in [0.1, 0.15) is 26.2 Å². The first kappa shape index (κ1) is 9.00. The molecule has 1 aliphatic rings. The van der Waals surface area contributed by atoms with Crippen molar-refractivity contribution in [2.75, 3.05) is 6.26 Å². The molecule has 0 aromatic heterocycles. The normalized spacial score (nSPS) is 32.5. The molecule has 66 valence electrons. The molecule has 0 heterocycles. The smallest absolute Gasteiger partial charge is 0.264 e. The maximum atomic E-state index is 10.7. The summed E-state index contributed by atoms with van der Waals surface area (Å²) in [4.78, 5) is 0. The van der Waals surface area contributed by atoms with E-state index in [0.717, 1.165) is 25.5 Å². The number of rotatable bonds is 2. The summed E-state index contributed by atoms with van der Waals surface area (Å²) in [5.74, 6) is 0.393. The Morgan fingerprint density at radius 1 is 1.36 bits per heavy atom. The van der Waals surface area contributed by atoms with Crippen molar-refractivity contribution < 1.29 is 12.6 Å². The van der Waals surface area contributed by atoms with E-state index in [2.05, 4.69) is 0 Å². The van der Waals surface area contributed by atoms with Crippen LogP contribution in [0.4, 0.5) is 0 Å². The highest BCUT2D eigenvalue weighted by Crippen LogP contribution is 2.28. The van der Waals surface area contributed by atoms with E-state index >= 15 is 0 Å². The Morgan fingerprint density at radius 2 is 2.00 bits per heavy atom. The van der Waals surface area contributed by atoms with Crippen LogP contribution in [0.2, 0.25) is 0 Å². The van der Waals surface area contributed by atoms with E-state index in [1.165, 1.54) is 0 Å². The van der Waals surface area contributed by atoms with Gasteiger partial charge in [-0.05, 0) is 18.8 Å². The minimum Gasteiger partial charge on any atom is -0.267 e. The third kappa shape index (κ3) is 2.79. The zero-order chi connectivity index (χ0) is 8.48. The topological polar surface area (TPSA) is 43.4 Å². The Balaban J connectivity index is 2.50. The van der Waals surface area contributed by atoms with Crippen LogP contribution in [0, 0.1) is 5.92 Å². The monoisotopic (exact) mass is 178 g/mol. The van der Waals surface area contributed by atoms with E-state index in [4.69, 9.17) is 4.18 Å². The van der Waals surface area contributed by atoms with Crippen molar-refractivity contribution in [1.82, 2.24) is 0 Å². The summed E-state index contributed by atoms with van der Waals surface area (Å²) in [5, 5.41) is 0. The molecular formula is C7H14O3S. The van der Waals surface area contributed by atoms with Crippen molar-refractivity contribution in [2.45, 2.75) is 32.3 Å². The second-order valence-corrected chi connectivity index (χ2v) is 4.85. The zero-order valence-electron chi connectivity index (χ0n) is 6.91. The molecule has 0 unspecified atom stereocenters. The Morgan fingerprint density at radius 3 is 2.36 bits per heavy atom. The lowest BCUT2D eigenvalue weighted by molar-refractivity contribution is 0.177. The molecule has 1 rings (SSSR count). The third-order valence-electron chi connectivity index (χ3n) is 2.08. The minimum atomic E-state index is -3.24. The van der Waals surface area contributed by atoms with Crippen LogP contribution in [0.25, 0.3) is 0 Å². The lowest BCUT2D eigenvalue weighted by Gasteiger charge is -2.13. The SMILES string of the molecule is C[C@H]1CCC[C@@H]1OS(C)(=O)=O. The molecule has 1 fully saturated rings. The molecule has 2 atom stereocenters. The first-order valence-corrected chi connectivity index (χ1v) is 5.69. The van der Waals surface area contributed by atoms with Crippen LogP contribution in [0.5, 0.6) is 0 Å². The van der Waals surface area contributed by atoms with Crippen molar-refractivity contribution in [2.24, 2.45) is 5.92 Å². The van der Waals surface area contributed by atoms with Crippen LogP contribution in [0.15, 0.2) is 0 Å². The second-order valence-electron chi connectivity index (χ2n) is 3.25. The molecule has 1 aliphatic carbocycles. The second kappa shape index (κ2) is 3.11. The number of hydrogen-bond donors (Lipinski definition) is 0. The zero-order valence-corrected chi connectivity index (χ0v) is 7.73. The summed E-state index contributed by atoms with van der Waals surface area (Å²) in [6, 6.07) is 0. The summed E-state index contributed by atoms with van der Waals surface area (Å²) in [6.45, 7) is 2.03. The van der Waals surface area contributed by atoms with Crippen molar-refractivity contribution in [1.29, 1.82) is 0 Å². The van der Waals surface area contributed by atoms with Gasteiger partial charge in [0.2, 0.25) is 0 Å². The van der Waals surface area contributed by atoms with E-state index in [-0.39, 0.29) is 6.10 Å². The maximum absolute atomic E-state index is 10.7. The van der Waals surface area contributed by atoms with Gasteiger partial charge in [0.1, 0.15) is 0 Å². The van der Waals surface area contributed by atoms with Crippen LogP contribution < -0.4 is 0 Å². The molecule has 4 heteroatoms. The predicted molar refractivity (Wildman–Crippen MR) is 42.7 cm³/mol. The summed E-state index contributed by atoms with van der Waals surface area (Å²) >= 11 is 0. The van der Waals surface area contributed by atoms with Gasteiger partial charge in [0.05, 0.1) is 12.4 Å². The van der Waals surface area contributed by atoms with E-state index in [9.17, 15) is 8.42 Å². The van der Waals surface area contributed by atoms with Crippen LogP contribution in [0.3, 0.4) is 0 Å². The molecule has 3 nitrogen and oxygen atoms in total. The molecule has 0 bridgehead atoms. The summed E-state index contributed by atoms with van der Waals surface area (Å²) < 4.78 is 26.3. The fourth-order valence-electron chi connectivity index (χ4n) is 1.48. The van der Waals surface area contributed by atoms with Crippen molar-refractivity contribution in [3.8, 4) is 0 Å².